The smallest absolute Gasteiger partial charge is 0.225 e. The molecule has 108 valence electrons. The molecule has 4 nitrogen and oxygen atoms in total. The second kappa shape index (κ2) is 6.27. The van der Waals surface area contributed by atoms with Gasteiger partial charge in [-0.1, -0.05) is 30.7 Å². The van der Waals surface area contributed by atoms with Crippen LogP contribution in [0.5, 0.6) is 0 Å². The molecule has 0 aromatic heterocycles. The summed E-state index contributed by atoms with van der Waals surface area (Å²) in [6, 6.07) is 7.43. The summed E-state index contributed by atoms with van der Waals surface area (Å²) in [4.78, 5) is 25.3. The maximum atomic E-state index is 12.2. The highest BCUT2D eigenvalue weighted by molar-refractivity contribution is 6.30. The van der Waals surface area contributed by atoms with Gasteiger partial charge in [0.2, 0.25) is 11.8 Å². The van der Waals surface area contributed by atoms with Crippen molar-refractivity contribution in [3.63, 3.8) is 0 Å². The number of carbonyl (C=O) groups is 2. The number of halogens is 1. The molecule has 1 aliphatic heterocycles. The van der Waals surface area contributed by atoms with Gasteiger partial charge in [0.15, 0.2) is 0 Å². The molecule has 1 saturated heterocycles. The molecule has 1 aromatic rings. The molecule has 0 unspecified atom stereocenters. The van der Waals surface area contributed by atoms with Gasteiger partial charge in [0.05, 0.1) is 12.0 Å². The molecule has 20 heavy (non-hydrogen) atoms. The van der Waals surface area contributed by atoms with Crippen LogP contribution >= 0.6 is 11.6 Å². The van der Waals surface area contributed by atoms with E-state index in [0.29, 0.717) is 18.0 Å². The summed E-state index contributed by atoms with van der Waals surface area (Å²) in [6.07, 6.45) is 1.08. The zero-order valence-corrected chi connectivity index (χ0v) is 12.5. The maximum absolute atomic E-state index is 12.2. The Kier molecular flexibility index (Phi) is 4.65. The lowest BCUT2D eigenvalue weighted by Gasteiger charge is -2.20. The van der Waals surface area contributed by atoms with Gasteiger partial charge < -0.3 is 10.2 Å². The minimum atomic E-state index is -0.249. The lowest BCUT2D eigenvalue weighted by Crippen LogP contribution is -2.34. The van der Waals surface area contributed by atoms with Crippen LogP contribution in [0.15, 0.2) is 24.3 Å². The summed E-state index contributed by atoms with van der Waals surface area (Å²) in [6.45, 7) is 2.51. The van der Waals surface area contributed by atoms with Crippen molar-refractivity contribution < 1.29 is 9.59 Å². The summed E-state index contributed by atoms with van der Waals surface area (Å²) >= 11 is 5.98. The first-order valence-electron chi connectivity index (χ1n) is 6.81. The quantitative estimate of drug-likeness (QED) is 0.927. The van der Waals surface area contributed by atoms with Crippen LogP contribution in [0.2, 0.25) is 5.02 Å². The van der Waals surface area contributed by atoms with E-state index in [1.54, 1.807) is 11.9 Å². The average molecular weight is 295 g/mol. The Morgan fingerprint density at radius 2 is 2.30 bits per heavy atom. The second-order valence-corrected chi connectivity index (χ2v) is 5.64. The van der Waals surface area contributed by atoms with Gasteiger partial charge in [-0.05, 0) is 24.1 Å². The van der Waals surface area contributed by atoms with Crippen molar-refractivity contribution >= 4 is 23.4 Å². The molecule has 5 heteroatoms. The average Bonchev–Trinajstić information content (AvgIpc) is 2.76. The van der Waals surface area contributed by atoms with E-state index >= 15 is 0 Å². The molecule has 1 aliphatic rings. The number of carbonyl (C=O) groups excluding carboxylic acids is 2. The Bertz CT molecular complexity index is 518. The van der Waals surface area contributed by atoms with Gasteiger partial charge in [0.1, 0.15) is 0 Å². The van der Waals surface area contributed by atoms with Gasteiger partial charge in [-0.25, -0.2) is 0 Å². The molecule has 0 bridgehead atoms. The van der Waals surface area contributed by atoms with Gasteiger partial charge in [0.25, 0.3) is 0 Å². The molecule has 0 radical (unpaired) electrons. The Morgan fingerprint density at radius 3 is 2.85 bits per heavy atom. The third kappa shape index (κ3) is 3.31. The minimum absolute atomic E-state index is 0.0287. The molecular formula is C15H19ClN2O2. The van der Waals surface area contributed by atoms with Crippen LogP contribution in [0, 0.1) is 5.92 Å². The molecule has 2 atom stereocenters. The van der Waals surface area contributed by atoms with Crippen molar-refractivity contribution in [3.8, 4) is 0 Å². The van der Waals surface area contributed by atoms with Crippen molar-refractivity contribution in [1.82, 2.24) is 10.2 Å². The van der Waals surface area contributed by atoms with Gasteiger partial charge in [-0.15, -0.1) is 0 Å². The van der Waals surface area contributed by atoms with Crippen LogP contribution in [0.1, 0.15) is 31.4 Å². The highest BCUT2D eigenvalue weighted by Gasteiger charge is 2.32. The second-order valence-electron chi connectivity index (χ2n) is 5.20. The number of nitrogens with zero attached hydrogens (tertiary/aromatic N) is 1. The number of nitrogens with one attached hydrogen (secondary N) is 1. The Hall–Kier alpha value is -1.55. The van der Waals surface area contributed by atoms with Gasteiger partial charge in [0, 0.05) is 25.0 Å². The molecule has 1 N–H and O–H groups in total. The molecule has 1 aromatic carbocycles. The van der Waals surface area contributed by atoms with Gasteiger partial charge in [-0.2, -0.15) is 0 Å². The van der Waals surface area contributed by atoms with E-state index in [2.05, 4.69) is 5.32 Å². The van der Waals surface area contributed by atoms with Crippen LogP contribution in [-0.2, 0) is 9.59 Å². The van der Waals surface area contributed by atoms with Crippen LogP contribution in [0.3, 0.4) is 0 Å². The number of hydrogen-bond acceptors (Lipinski definition) is 2. The van der Waals surface area contributed by atoms with Crippen molar-refractivity contribution in [2.45, 2.75) is 25.8 Å². The fourth-order valence-corrected chi connectivity index (χ4v) is 2.67. The largest absolute Gasteiger partial charge is 0.349 e. The highest BCUT2D eigenvalue weighted by Crippen LogP contribution is 2.22. The lowest BCUT2D eigenvalue weighted by atomic mass is 10.0. The monoisotopic (exact) mass is 294 g/mol. The predicted molar refractivity (Wildman–Crippen MR) is 78.4 cm³/mol. The lowest BCUT2D eigenvalue weighted by molar-refractivity contribution is -0.128. The molecular weight excluding hydrogens is 276 g/mol. The number of amides is 2. The highest BCUT2D eigenvalue weighted by atomic mass is 35.5. The fourth-order valence-electron chi connectivity index (χ4n) is 2.47. The van der Waals surface area contributed by atoms with Crippen LogP contribution < -0.4 is 5.32 Å². The van der Waals surface area contributed by atoms with Crippen LogP contribution in [0.4, 0.5) is 0 Å². The molecule has 0 aliphatic carbocycles. The normalized spacial score (nSPS) is 20.1. The zero-order chi connectivity index (χ0) is 14.7. The van der Waals surface area contributed by atoms with Crippen LogP contribution in [0.25, 0.3) is 0 Å². The SMILES string of the molecule is CC[C@H](NC(=O)[C@H]1CC(=O)N(C)C1)c1cccc(Cl)c1. The van der Waals surface area contributed by atoms with E-state index in [1.165, 1.54) is 0 Å². The summed E-state index contributed by atoms with van der Waals surface area (Å²) in [7, 11) is 1.73. The first-order chi connectivity index (χ1) is 9.51. The van der Waals surface area contributed by atoms with Gasteiger partial charge >= 0.3 is 0 Å². The van der Waals surface area contributed by atoms with E-state index in [9.17, 15) is 9.59 Å². The standard InChI is InChI=1S/C15H19ClN2O2/c1-3-13(10-5-4-6-12(16)7-10)17-15(20)11-8-14(19)18(2)9-11/h4-7,11,13H,3,8-9H2,1-2H3,(H,17,20)/t11-,13-/m0/s1. The molecule has 2 rings (SSSR count). The van der Waals surface area contributed by atoms with Crippen molar-refractivity contribution in [2.75, 3.05) is 13.6 Å². The summed E-state index contributed by atoms with van der Waals surface area (Å²) < 4.78 is 0. The Morgan fingerprint density at radius 1 is 1.55 bits per heavy atom. The Labute approximate surface area is 124 Å². The molecule has 2 amide bonds. The zero-order valence-electron chi connectivity index (χ0n) is 11.7. The number of rotatable bonds is 4. The predicted octanol–water partition coefficient (Wildman–Crippen LogP) is 2.39. The van der Waals surface area contributed by atoms with E-state index in [1.807, 2.05) is 31.2 Å². The van der Waals surface area contributed by atoms with E-state index < -0.39 is 0 Å². The first-order valence-corrected chi connectivity index (χ1v) is 7.19. The fraction of sp³-hybridized carbons (Fsp3) is 0.467. The third-order valence-electron chi connectivity index (χ3n) is 3.69. The molecule has 0 saturated carbocycles. The minimum Gasteiger partial charge on any atom is -0.349 e. The maximum Gasteiger partial charge on any atom is 0.225 e. The summed E-state index contributed by atoms with van der Waals surface area (Å²) in [5.74, 6) is -0.281. The first kappa shape index (κ1) is 14.9. The van der Waals surface area contributed by atoms with E-state index in [4.69, 9.17) is 11.6 Å². The van der Waals surface area contributed by atoms with E-state index in [0.717, 1.165) is 12.0 Å². The topological polar surface area (TPSA) is 49.4 Å². The molecule has 0 spiro atoms. The van der Waals surface area contributed by atoms with Crippen molar-refractivity contribution in [1.29, 1.82) is 0 Å². The van der Waals surface area contributed by atoms with E-state index in [-0.39, 0.29) is 23.8 Å². The Balaban J connectivity index is 2.03. The van der Waals surface area contributed by atoms with Crippen LogP contribution in [-0.4, -0.2) is 30.3 Å². The summed E-state index contributed by atoms with van der Waals surface area (Å²) in [5.41, 5.74) is 0.992. The van der Waals surface area contributed by atoms with Crippen molar-refractivity contribution in [2.24, 2.45) is 5.92 Å². The number of benzene rings is 1. The third-order valence-corrected chi connectivity index (χ3v) is 3.92. The molecule has 1 fully saturated rings. The molecule has 1 heterocycles. The number of likely N-dealkylation sites (tertiary alicyclic amines) is 1. The van der Waals surface area contributed by atoms with Gasteiger partial charge in [-0.3, -0.25) is 9.59 Å². The number of hydrogen-bond donors (Lipinski definition) is 1. The van der Waals surface area contributed by atoms with Crippen molar-refractivity contribution in [3.05, 3.63) is 34.9 Å². The summed E-state index contributed by atoms with van der Waals surface area (Å²) in [5, 5.41) is 3.68.